The van der Waals surface area contributed by atoms with E-state index in [4.69, 9.17) is 9.84 Å². The first-order chi connectivity index (χ1) is 8.42. The Hall–Kier alpha value is -1.69. The van der Waals surface area contributed by atoms with E-state index in [1.807, 2.05) is 6.92 Å². The zero-order valence-electron chi connectivity index (χ0n) is 10.4. The van der Waals surface area contributed by atoms with Crippen LogP contribution in [0.4, 0.5) is 0 Å². The zero-order valence-corrected chi connectivity index (χ0v) is 10.4. The van der Waals surface area contributed by atoms with Gasteiger partial charge in [0.25, 0.3) is 5.56 Å². The molecule has 18 heavy (non-hydrogen) atoms. The van der Waals surface area contributed by atoms with E-state index in [1.54, 1.807) is 6.92 Å². The summed E-state index contributed by atoms with van der Waals surface area (Å²) >= 11 is 0. The lowest BCUT2D eigenvalue weighted by atomic mass is 10.0. The second kappa shape index (κ2) is 4.53. The normalized spacial score (nSPS) is 23.2. The minimum atomic E-state index is -1.04. The van der Waals surface area contributed by atoms with Crippen molar-refractivity contribution >= 4 is 5.97 Å². The number of aromatic amines is 1. The number of hydrogen-bond donors (Lipinski definition) is 2. The van der Waals surface area contributed by atoms with Crippen molar-refractivity contribution in [2.45, 2.75) is 38.7 Å². The standard InChI is InChI=1S/C12H16N2O4/c1-7-8(6-9(15)16)10(17)14-11(13-7)12(2)4-3-5-18-12/h3-6H2,1-2H3,(H,15,16)(H,13,14,17). The molecule has 2 heterocycles. The lowest BCUT2D eigenvalue weighted by Crippen LogP contribution is -2.30. The minimum Gasteiger partial charge on any atom is -0.481 e. The van der Waals surface area contributed by atoms with Gasteiger partial charge in [-0.3, -0.25) is 9.59 Å². The topological polar surface area (TPSA) is 92.3 Å². The van der Waals surface area contributed by atoms with E-state index < -0.39 is 17.1 Å². The summed E-state index contributed by atoms with van der Waals surface area (Å²) in [6, 6.07) is 0. The second-order valence-electron chi connectivity index (χ2n) is 4.73. The largest absolute Gasteiger partial charge is 0.481 e. The number of aryl methyl sites for hydroxylation is 1. The van der Waals surface area contributed by atoms with Gasteiger partial charge in [0.15, 0.2) is 0 Å². The van der Waals surface area contributed by atoms with Crippen molar-refractivity contribution in [3.8, 4) is 0 Å². The Balaban J connectivity index is 2.42. The maximum Gasteiger partial charge on any atom is 0.308 e. The second-order valence-corrected chi connectivity index (χ2v) is 4.73. The summed E-state index contributed by atoms with van der Waals surface area (Å²) in [4.78, 5) is 29.5. The Morgan fingerprint density at radius 1 is 1.61 bits per heavy atom. The highest BCUT2D eigenvalue weighted by Gasteiger charge is 2.34. The van der Waals surface area contributed by atoms with Gasteiger partial charge in [-0.05, 0) is 26.7 Å². The number of aliphatic carboxylic acids is 1. The number of nitrogens with one attached hydrogen (secondary N) is 1. The summed E-state index contributed by atoms with van der Waals surface area (Å²) in [5.41, 5.74) is -0.302. The Kier molecular flexibility index (Phi) is 3.21. The molecule has 1 aliphatic heterocycles. The van der Waals surface area contributed by atoms with Crippen molar-refractivity contribution in [2.75, 3.05) is 6.61 Å². The molecule has 1 aromatic rings. The Morgan fingerprint density at radius 2 is 2.33 bits per heavy atom. The number of aromatic nitrogens is 2. The van der Waals surface area contributed by atoms with Crippen molar-refractivity contribution in [3.05, 3.63) is 27.4 Å². The number of rotatable bonds is 3. The molecular formula is C12H16N2O4. The van der Waals surface area contributed by atoms with Crippen LogP contribution in [0, 0.1) is 6.92 Å². The highest BCUT2D eigenvalue weighted by molar-refractivity contribution is 5.70. The molecule has 0 amide bonds. The molecule has 0 radical (unpaired) electrons. The molecule has 0 aromatic carbocycles. The molecule has 1 saturated heterocycles. The molecule has 1 aliphatic rings. The fraction of sp³-hybridized carbons (Fsp3) is 0.583. The van der Waals surface area contributed by atoms with E-state index in [1.165, 1.54) is 0 Å². The van der Waals surface area contributed by atoms with Crippen LogP contribution >= 0.6 is 0 Å². The molecule has 0 spiro atoms. The number of hydrogen-bond acceptors (Lipinski definition) is 4. The molecule has 98 valence electrons. The first-order valence-corrected chi connectivity index (χ1v) is 5.88. The molecule has 1 aromatic heterocycles. The van der Waals surface area contributed by atoms with Crippen LogP contribution in [0.15, 0.2) is 4.79 Å². The minimum absolute atomic E-state index is 0.202. The van der Waals surface area contributed by atoms with Crippen molar-refractivity contribution in [1.29, 1.82) is 0 Å². The SMILES string of the molecule is Cc1nc(C2(C)CCCO2)[nH]c(=O)c1CC(=O)O. The zero-order chi connectivity index (χ0) is 13.3. The fourth-order valence-corrected chi connectivity index (χ4v) is 2.19. The van der Waals surface area contributed by atoms with Crippen LogP contribution in [0.2, 0.25) is 0 Å². The number of carboxylic acids is 1. The average Bonchev–Trinajstić information content (AvgIpc) is 2.71. The Morgan fingerprint density at radius 3 is 2.83 bits per heavy atom. The number of H-pyrrole nitrogens is 1. The van der Waals surface area contributed by atoms with Crippen LogP contribution in [0.1, 0.15) is 36.8 Å². The van der Waals surface area contributed by atoms with Crippen LogP contribution in [0.3, 0.4) is 0 Å². The molecular weight excluding hydrogens is 236 g/mol. The van der Waals surface area contributed by atoms with Crippen LogP contribution < -0.4 is 5.56 Å². The molecule has 0 saturated carbocycles. The van der Waals surface area contributed by atoms with Crippen molar-refractivity contribution < 1.29 is 14.6 Å². The van der Waals surface area contributed by atoms with Gasteiger partial charge in [0.2, 0.25) is 0 Å². The monoisotopic (exact) mass is 252 g/mol. The maximum atomic E-state index is 11.9. The van der Waals surface area contributed by atoms with Crippen LogP contribution in [-0.2, 0) is 21.6 Å². The lowest BCUT2D eigenvalue weighted by molar-refractivity contribution is -0.136. The average molecular weight is 252 g/mol. The van der Waals surface area contributed by atoms with Crippen molar-refractivity contribution in [2.24, 2.45) is 0 Å². The predicted molar refractivity (Wildman–Crippen MR) is 63.5 cm³/mol. The van der Waals surface area contributed by atoms with Gasteiger partial charge in [-0.1, -0.05) is 0 Å². The number of nitrogens with zero attached hydrogens (tertiary/aromatic N) is 1. The lowest BCUT2D eigenvalue weighted by Gasteiger charge is -2.22. The van der Waals surface area contributed by atoms with Gasteiger partial charge in [-0.2, -0.15) is 0 Å². The van der Waals surface area contributed by atoms with E-state index in [-0.39, 0.29) is 12.0 Å². The van der Waals surface area contributed by atoms with Crippen LogP contribution in [0.5, 0.6) is 0 Å². The highest BCUT2D eigenvalue weighted by atomic mass is 16.5. The molecule has 1 atom stereocenters. The summed E-state index contributed by atoms with van der Waals surface area (Å²) in [6.07, 6.45) is 1.41. The van der Waals surface area contributed by atoms with Gasteiger partial charge in [0, 0.05) is 17.9 Å². The van der Waals surface area contributed by atoms with E-state index in [2.05, 4.69) is 9.97 Å². The summed E-state index contributed by atoms with van der Waals surface area (Å²) in [7, 11) is 0. The van der Waals surface area contributed by atoms with Gasteiger partial charge < -0.3 is 14.8 Å². The third kappa shape index (κ3) is 2.28. The molecule has 2 rings (SSSR count). The Labute approximate surface area is 104 Å². The Bertz CT molecular complexity index is 529. The fourth-order valence-electron chi connectivity index (χ4n) is 2.19. The molecule has 0 bridgehead atoms. The maximum absolute atomic E-state index is 11.9. The molecule has 6 nitrogen and oxygen atoms in total. The van der Waals surface area contributed by atoms with E-state index >= 15 is 0 Å². The predicted octanol–water partition coefficient (Wildman–Crippen LogP) is 0.731. The summed E-state index contributed by atoms with van der Waals surface area (Å²) in [6.45, 7) is 4.18. The van der Waals surface area contributed by atoms with Crippen molar-refractivity contribution in [1.82, 2.24) is 9.97 Å². The molecule has 1 unspecified atom stereocenters. The van der Waals surface area contributed by atoms with E-state index in [0.717, 1.165) is 12.8 Å². The summed E-state index contributed by atoms with van der Waals surface area (Å²) < 4.78 is 5.61. The van der Waals surface area contributed by atoms with E-state index in [0.29, 0.717) is 18.1 Å². The smallest absolute Gasteiger partial charge is 0.308 e. The number of carbonyl (C=O) groups is 1. The molecule has 1 fully saturated rings. The van der Waals surface area contributed by atoms with Gasteiger partial charge >= 0.3 is 5.97 Å². The number of ether oxygens (including phenoxy) is 1. The summed E-state index contributed by atoms with van der Waals surface area (Å²) in [5.74, 6) is -0.557. The molecule has 2 N–H and O–H groups in total. The van der Waals surface area contributed by atoms with Crippen LogP contribution in [-0.4, -0.2) is 27.7 Å². The number of carboxylic acid groups (broad SMARTS) is 1. The van der Waals surface area contributed by atoms with E-state index in [9.17, 15) is 9.59 Å². The summed E-state index contributed by atoms with van der Waals surface area (Å²) in [5, 5.41) is 8.74. The molecule has 0 aliphatic carbocycles. The van der Waals surface area contributed by atoms with Gasteiger partial charge in [-0.25, -0.2) is 4.98 Å². The third-order valence-electron chi connectivity index (χ3n) is 3.27. The highest BCUT2D eigenvalue weighted by Crippen LogP contribution is 2.32. The van der Waals surface area contributed by atoms with Crippen molar-refractivity contribution in [3.63, 3.8) is 0 Å². The van der Waals surface area contributed by atoms with Gasteiger partial charge in [-0.15, -0.1) is 0 Å². The van der Waals surface area contributed by atoms with Gasteiger partial charge in [0.1, 0.15) is 11.4 Å². The first-order valence-electron chi connectivity index (χ1n) is 5.88. The first kappa shape index (κ1) is 12.8. The third-order valence-corrected chi connectivity index (χ3v) is 3.27. The molecule has 6 heteroatoms. The van der Waals surface area contributed by atoms with Crippen LogP contribution in [0.25, 0.3) is 0 Å². The quantitative estimate of drug-likeness (QED) is 0.827. The van der Waals surface area contributed by atoms with Gasteiger partial charge in [0.05, 0.1) is 6.42 Å².